The topological polar surface area (TPSA) is 117 Å². The van der Waals surface area contributed by atoms with Gasteiger partial charge in [-0.05, 0) is 24.3 Å². The van der Waals surface area contributed by atoms with Crippen molar-refractivity contribution in [1.82, 2.24) is 29.6 Å². The van der Waals surface area contributed by atoms with E-state index in [4.69, 9.17) is 20.9 Å². The molecule has 0 spiro atoms. The van der Waals surface area contributed by atoms with Crippen molar-refractivity contribution in [3.05, 3.63) is 58.1 Å². The van der Waals surface area contributed by atoms with Gasteiger partial charge in [0.05, 0.1) is 12.2 Å². The second-order valence-corrected chi connectivity index (χ2v) is 6.77. The highest BCUT2D eigenvalue weighted by atomic mass is 35.5. The summed E-state index contributed by atoms with van der Waals surface area (Å²) in [7, 11) is 1.54. The lowest BCUT2D eigenvalue weighted by Crippen LogP contribution is -2.34. The quantitative estimate of drug-likeness (QED) is 0.444. The van der Waals surface area contributed by atoms with Gasteiger partial charge in [-0.3, -0.25) is 4.79 Å². The maximum Gasteiger partial charge on any atom is 0.350 e. The summed E-state index contributed by atoms with van der Waals surface area (Å²) >= 11 is 6.02. The highest BCUT2D eigenvalue weighted by molar-refractivity contribution is 6.30. The largest absolute Gasteiger partial charge is 0.383 e. The third-order valence-electron chi connectivity index (χ3n) is 4.27. The average molecular weight is 429 g/mol. The third kappa shape index (κ3) is 3.95. The summed E-state index contributed by atoms with van der Waals surface area (Å²) in [6.07, 6.45) is 1.56. The normalized spacial score (nSPS) is 11.1. The van der Waals surface area contributed by atoms with E-state index in [-0.39, 0.29) is 18.3 Å². The first-order chi connectivity index (χ1) is 14.6. The highest BCUT2D eigenvalue weighted by Crippen LogP contribution is 2.25. The molecular formula is C19H17ClN6O4. The molecule has 1 aromatic carbocycles. The number of ether oxygens (including phenoxy) is 1. The van der Waals surface area contributed by atoms with Gasteiger partial charge in [0.15, 0.2) is 5.65 Å². The van der Waals surface area contributed by atoms with Gasteiger partial charge in [0.25, 0.3) is 5.89 Å². The first-order valence-corrected chi connectivity index (χ1v) is 9.38. The van der Waals surface area contributed by atoms with Crippen LogP contribution >= 0.6 is 11.6 Å². The van der Waals surface area contributed by atoms with E-state index in [1.807, 2.05) is 6.07 Å². The molecule has 0 fully saturated rings. The molecule has 10 nitrogen and oxygen atoms in total. The van der Waals surface area contributed by atoms with Crippen LogP contribution in [0.2, 0.25) is 5.02 Å². The second-order valence-electron chi connectivity index (χ2n) is 6.33. The van der Waals surface area contributed by atoms with Gasteiger partial charge < -0.3 is 14.6 Å². The lowest BCUT2D eigenvalue weighted by atomic mass is 10.2. The fourth-order valence-corrected chi connectivity index (χ4v) is 3.06. The summed E-state index contributed by atoms with van der Waals surface area (Å²) in [6, 6.07) is 10.4. The minimum absolute atomic E-state index is 0.192. The van der Waals surface area contributed by atoms with Gasteiger partial charge in [-0.15, -0.1) is 5.10 Å². The van der Waals surface area contributed by atoms with Crippen molar-refractivity contribution in [1.29, 1.82) is 0 Å². The molecule has 1 N–H and O–H groups in total. The van der Waals surface area contributed by atoms with Gasteiger partial charge in [-0.25, -0.2) is 13.9 Å². The zero-order chi connectivity index (χ0) is 21.1. The zero-order valence-corrected chi connectivity index (χ0v) is 16.7. The number of hydrogen-bond donors (Lipinski definition) is 1. The summed E-state index contributed by atoms with van der Waals surface area (Å²) in [5.41, 5.74) is 1.01. The Morgan fingerprint density at radius 3 is 2.97 bits per heavy atom. The molecule has 4 rings (SSSR count). The highest BCUT2D eigenvalue weighted by Gasteiger charge is 2.18. The summed E-state index contributed by atoms with van der Waals surface area (Å²) in [4.78, 5) is 29.0. The smallest absolute Gasteiger partial charge is 0.350 e. The van der Waals surface area contributed by atoms with Crippen LogP contribution in [0, 0.1) is 0 Å². The maximum atomic E-state index is 12.6. The average Bonchev–Trinajstić information content (AvgIpc) is 3.34. The van der Waals surface area contributed by atoms with E-state index < -0.39 is 5.69 Å². The standard InChI is InChI=1S/C19H17ClN6O4/c1-29-9-7-21-15(27)11-26-19(28)25-8-3-6-14(17(25)23-26)18-22-16(24-30-18)12-4-2-5-13(20)10-12/h2-6,8,10H,7,9,11H2,1H3,(H,21,27). The fourth-order valence-electron chi connectivity index (χ4n) is 2.87. The number of hydrogen-bond acceptors (Lipinski definition) is 7. The third-order valence-corrected chi connectivity index (χ3v) is 4.51. The van der Waals surface area contributed by atoms with Gasteiger partial charge >= 0.3 is 5.69 Å². The number of methoxy groups -OCH3 is 1. The van der Waals surface area contributed by atoms with Crippen LogP contribution in [-0.2, 0) is 16.1 Å². The summed E-state index contributed by atoms with van der Waals surface area (Å²) < 4.78 is 12.7. The van der Waals surface area contributed by atoms with Gasteiger partial charge in [0.2, 0.25) is 11.7 Å². The Balaban J connectivity index is 1.66. The molecule has 30 heavy (non-hydrogen) atoms. The fraction of sp³-hybridized carbons (Fsp3) is 0.211. The monoisotopic (exact) mass is 428 g/mol. The molecule has 3 heterocycles. The van der Waals surface area contributed by atoms with E-state index >= 15 is 0 Å². The van der Waals surface area contributed by atoms with E-state index in [0.717, 1.165) is 4.68 Å². The van der Waals surface area contributed by atoms with Crippen molar-refractivity contribution in [2.75, 3.05) is 20.3 Å². The Hall–Kier alpha value is -3.50. The van der Waals surface area contributed by atoms with Crippen LogP contribution in [0.3, 0.4) is 0 Å². The number of halogens is 1. The number of benzene rings is 1. The van der Waals surface area contributed by atoms with Gasteiger partial charge in [-0.2, -0.15) is 4.98 Å². The van der Waals surface area contributed by atoms with Crippen molar-refractivity contribution >= 4 is 23.2 Å². The van der Waals surface area contributed by atoms with E-state index in [2.05, 4.69) is 20.6 Å². The molecule has 0 atom stereocenters. The molecule has 4 aromatic rings. The molecule has 3 aromatic heterocycles. The molecular weight excluding hydrogens is 412 g/mol. The number of carbonyl (C=O) groups is 1. The predicted octanol–water partition coefficient (Wildman–Crippen LogP) is 1.63. The molecule has 0 saturated heterocycles. The summed E-state index contributed by atoms with van der Waals surface area (Å²) in [6.45, 7) is 0.500. The number of pyridine rings is 1. The van der Waals surface area contributed by atoms with E-state index in [1.165, 1.54) is 11.5 Å². The van der Waals surface area contributed by atoms with Gasteiger partial charge in [0.1, 0.15) is 6.54 Å². The minimum Gasteiger partial charge on any atom is -0.383 e. The van der Waals surface area contributed by atoms with E-state index in [9.17, 15) is 9.59 Å². The van der Waals surface area contributed by atoms with Crippen molar-refractivity contribution in [2.24, 2.45) is 0 Å². The van der Waals surface area contributed by atoms with Gasteiger partial charge in [-0.1, -0.05) is 28.9 Å². The predicted molar refractivity (Wildman–Crippen MR) is 108 cm³/mol. The van der Waals surface area contributed by atoms with Crippen LogP contribution in [0.4, 0.5) is 0 Å². The van der Waals surface area contributed by atoms with Crippen molar-refractivity contribution in [3.8, 4) is 22.8 Å². The molecule has 11 heteroatoms. The molecule has 0 aliphatic carbocycles. The van der Waals surface area contributed by atoms with Crippen LogP contribution < -0.4 is 11.0 Å². The van der Waals surface area contributed by atoms with Crippen LogP contribution in [0.5, 0.6) is 0 Å². The van der Waals surface area contributed by atoms with Crippen LogP contribution in [0.15, 0.2) is 51.9 Å². The van der Waals surface area contributed by atoms with E-state index in [0.29, 0.717) is 40.8 Å². The number of aromatic nitrogens is 5. The van der Waals surface area contributed by atoms with Crippen molar-refractivity contribution in [2.45, 2.75) is 6.54 Å². The van der Waals surface area contributed by atoms with Crippen LogP contribution in [-0.4, -0.2) is 50.5 Å². The van der Waals surface area contributed by atoms with E-state index in [1.54, 1.807) is 36.5 Å². The van der Waals surface area contributed by atoms with Crippen molar-refractivity contribution < 1.29 is 14.1 Å². The minimum atomic E-state index is -0.455. The lowest BCUT2D eigenvalue weighted by molar-refractivity contribution is -0.122. The number of carbonyl (C=O) groups excluding carboxylic acids is 1. The SMILES string of the molecule is COCCNC(=O)Cn1nc2c(-c3nc(-c4cccc(Cl)c4)no3)cccn2c1=O. The van der Waals surface area contributed by atoms with Crippen LogP contribution in [0.25, 0.3) is 28.5 Å². The molecule has 0 saturated carbocycles. The Bertz CT molecular complexity index is 1260. The molecule has 0 radical (unpaired) electrons. The molecule has 154 valence electrons. The first-order valence-electron chi connectivity index (χ1n) is 9.00. The zero-order valence-electron chi connectivity index (χ0n) is 15.9. The van der Waals surface area contributed by atoms with Crippen LogP contribution in [0.1, 0.15) is 0 Å². The maximum absolute atomic E-state index is 12.6. The number of amides is 1. The molecule has 0 aliphatic rings. The molecule has 0 aliphatic heterocycles. The lowest BCUT2D eigenvalue weighted by Gasteiger charge is -2.03. The number of fused-ring (bicyclic) bond motifs is 1. The molecule has 0 unspecified atom stereocenters. The Morgan fingerprint density at radius 2 is 2.17 bits per heavy atom. The molecule has 1 amide bonds. The molecule has 0 bridgehead atoms. The Morgan fingerprint density at radius 1 is 1.30 bits per heavy atom. The summed E-state index contributed by atoms with van der Waals surface area (Å²) in [5.74, 6) is 0.200. The number of rotatable bonds is 7. The summed E-state index contributed by atoms with van der Waals surface area (Å²) in [5, 5.41) is 11.5. The second kappa shape index (κ2) is 8.47. The van der Waals surface area contributed by atoms with Gasteiger partial charge in [0, 0.05) is 30.4 Å². The number of nitrogens with one attached hydrogen (secondary N) is 1. The number of nitrogens with zero attached hydrogens (tertiary/aromatic N) is 5. The van der Waals surface area contributed by atoms with Crippen molar-refractivity contribution in [3.63, 3.8) is 0 Å². The Labute approximate surface area is 175 Å². The first kappa shape index (κ1) is 19.8. The Kier molecular flexibility index (Phi) is 5.59.